The molecule has 1 N–H and O–H groups in total. The Bertz CT molecular complexity index is 126. The van der Waals surface area contributed by atoms with E-state index in [9.17, 15) is 4.39 Å². The summed E-state index contributed by atoms with van der Waals surface area (Å²) in [6.07, 6.45) is 1.31. The first-order valence-electron chi connectivity index (χ1n) is 4.62. The van der Waals surface area contributed by atoms with Crippen molar-refractivity contribution in [1.82, 2.24) is 5.32 Å². The van der Waals surface area contributed by atoms with Crippen molar-refractivity contribution in [3.05, 3.63) is 0 Å². The van der Waals surface area contributed by atoms with Crippen molar-refractivity contribution in [3.8, 4) is 0 Å². The molecule has 0 aromatic rings. The third kappa shape index (κ3) is 2.42. The Morgan fingerprint density at radius 2 is 2.42 bits per heavy atom. The van der Waals surface area contributed by atoms with Gasteiger partial charge in [0.05, 0.1) is 6.61 Å². The zero-order chi connectivity index (χ0) is 8.97. The van der Waals surface area contributed by atoms with Crippen LogP contribution in [-0.4, -0.2) is 32.5 Å². The molecule has 72 valence electrons. The maximum Gasteiger partial charge on any atom is 0.120 e. The number of hydrogen-bond acceptors (Lipinski definition) is 2. The lowest BCUT2D eigenvalue weighted by atomic mass is 9.99. The topological polar surface area (TPSA) is 21.3 Å². The fourth-order valence-electron chi connectivity index (χ4n) is 1.73. The predicted molar refractivity (Wildman–Crippen MR) is 47.0 cm³/mol. The van der Waals surface area contributed by atoms with Gasteiger partial charge in [0.2, 0.25) is 0 Å². The molecule has 0 aliphatic carbocycles. The molecule has 1 rings (SSSR count). The Morgan fingerprint density at radius 1 is 1.67 bits per heavy atom. The van der Waals surface area contributed by atoms with E-state index in [1.54, 1.807) is 7.11 Å². The van der Waals surface area contributed by atoms with Crippen LogP contribution < -0.4 is 5.32 Å². The molecule has 3 unspecified atom stereocenters. The first-order chi connectivity index (χ1) is 5.75. The van der Waals surface area contributed by atoms with Crippen molar-refractivity contribution in [3.63, 3.8) is 0 Å². The van der Waals surface area contributed by atoms with Crippen LogP contribution in [0.3, 0.4) is 0 Å². The highest BCUT2D eigenvalue weighted by molar-refractivity contribution is 4.84. The number of alkyl halides is 1. The fourth-order valence-corrected chi connectivity index (χ4v) is 1.73. The zero-order valence-corrected chi connectivity index (χ0v) is 7.85. The minimum absolute atomic E-state index is 0.00519. The van der Waals surface area contributed by atoms with Crippen molar-refractivity contribution in [2.24, 2.45) is 5.92 Å². The number of nitrogens with one attached hydrogen (secondary N) is 1. The summed E-state index contributed by atoms with van der Waals surface area (Å²) in [6.45, 7) is 3.37. The van der Waals surface area contributed by atoms with Gasteiger partial charge in [0.1, 0.15) is 6.17 Å². The van der Waals surface area contributed by atoms with Gasteiger partial charge in [-0.2, -0.15) is 0 Å². The van der Waals surface area contributed by atoms with Gasteiger partial charge in [-0.05, 0) is 19.4 Å². The molecule has 0 saturated carbocycles. The summed E-state index contributed by atoms with van der Waals surface area (Å²) in [6, 6.07) is 0.0650. The highest BCUT2D eigenvalue weighted by atomic mass is 19.1. The molecule has 3 atom stereocenters. The second-order valence-electron chi connectivity index (χ2n) is 3.58. The average molecular weight is 175 g/mol. The van der Waals surface area contributed by atoms with Crippen LogP contribution in [0.4, 0.5) is 4.39 Å². The van der Waals surface area contributed by atoms with Crippen LogP contribution >= 0.6 is 0 Å². The number of methoxy groups -OCH3 is 1. The van der Waals surface area contributed by atoms with E-state index in [-0.39, 0.29) is 12.0 Å². The van der Waals surface area contributed by atoms with Crippen LogP contribution in [0.25, 0.3) is 0 Å². The van der Waals surface area contributed by atoms with Crippen molar-refractivity contribution >= 4 is 0 Å². The van der Waals surface area contributed by atoms with E-state index in [2.05, 4.69) is 5.32 Å². The summed E-state index contributed by atoms with van der Waals surface area (Å²) in [4.78, 5) is 0. The second-order valence-corrected chi connectivity index (χ2v) is 3.58. The minimum atomic E-state index is -0.757. The third-order valence-corrected chi connectivity index (χ3v) is 2.46. The summed E-state index contributed by atoms with van der Waals surface area (Å²) >= 11 is 0. The molecule has 0 bridgehead atoms. The molecule has 2 nitrogen and oxygen atoms in total. The molecule has 1 fully saturated rings. The largest absolute Gasteiger partial charge is 0.384 e. The lowest BCUT2D eigenvalue weighted by Crippen LogP contribution is -2.37. The zero-order valence-electron chi connectivity index (χ0n) is 7.85. The van der Waals surface area contributed by atoms with E-state index in [1.807, 2.05) is 6.92 Å². The highest BCUT2D eigenvalue weighted by Crippen LogP contribution is 2.18. The Kier molecular flexibility index (Phi) is 3.95. The molecule has 12 heavy (non-hydrogen) atoms. The second kappa shape index (κ2) is 4.77. The molecule has 1 aliphatic rings. The molecule has 3 heteroatoms. The van der Waals surface area contributed by atoms with Crippen molar-refractivity contribution in [2.45, 2.75) is 32.0 Å². The van der Waals surface area contributed by atoms with Crippen LogP contribution in [0.15, 0.2) is 0 Å². The first kappa shape index (κ1) is 9.93. The summed E-state index contributed by atoms with van der Waals surface area (Å²) in [5, 5.41) is 3.17. The van der Waals surface area contributed by atoms with E-state index < -0.39 is 6.17 Å². The molecule has 1 saturated heterocycles. The van der Waals surface area contributed by atoms with Gasteiger partial charge in [0, 0.05) is 19.1 Å². The number of halogens is 1. The standard InChI is InChI=1S/C9H18FNO/c1-7(6-12-2)9(10)8-4-3-5-11-8/h7-9,11H,3-6H2,1-2H3. The van der Waals surface area contributed by atoms with Gasteiger partial charge < -0.3 is 10.1 Å². The Balaban J connectivity index is 2.29. The van der Waals surface area contributed by atoms with E-state index in [4.69, 9.17) is 4.74 Å². The van der Waals surface area contributed by atoms with Gasteiger partial charge in [0.25, 0.3) is 0 Å². The number of ether oxygens (including phenoxy) is 1. The summed E-state index contributed by atoms with van der Waals surface area (Å²) < 4.78 is 18.5. The first-order valence-corrected chi connectivity index (χ1v) is 4.62. The van der Waals surface area contributed by atoms with Crippen LogP contribution in [0.2, 0.25) is 0 Å². The molecular weight excluding hydrogens is 157 g/mol. The summed E-state index contributed by atoms with van der Waals surface area (Å²) in [5.41, 5.74) is 0. The van der Waals surface area contributed by atoms with Gasteiger partial charge in [-0.25, -0.2) is 4.39 Å². The molecule has 1 aliphatic heterocycles. The van der Waals surface area contributed by atoms with E-state index in [0.717, 1.165) is 19.4 Å². The Hall–Kier alpha value is -0.150. The van der Waals surface area contributed by atoms with Crippen LogP contribution in [0, 0.1) is 5.92 Å². The van der Waals surface area contributed by atoms with Gasteiger partial charge in [-0.3, -0.25) is 0 Å². The lowest BCUT2D eigenvalue weighted by Gasteiger charge is -2.21. The van der Waals surface area contributed by atoms with E-state index in [0.29, 0.717) is 6.61 Å². The molecule has 0 radical (unpaired) electrons. The van der Waals surface area contributed by atoms with Crippen LogP contribution in [0.1, 0.15) is 19.8 Å². The maximum atomic E-state index is 13.5. The summed E-state index contributed by atoms with van der Waals surface area (Å²) in [7, 11) is 1.62. The highest BCUT2D eigenvalue weighted by Gasteiger charge is 2.28. The Morgan fingerprint density at radius 3 is 2.92 bits per heavy atom. The van der Waals surface area contributed by atoms with E-state index in [1.165, 1.54) is 0 Å². The number of rotatable bonds is 4. The van der Waals surface area contributed by atoms with Crippen LogP contribution in [0.5, 0.6) is 0 Å². The van der Waals surface area contributed by atoms with Gasteiger partial charge in [-0.15, -0.1) is 0 Å². The normalized spacial score (nSPS) is 28.8. The Labute approximate surface area is 73.5 Å². The minimum Gasteiger partial charge on any atom is -0.384 e. The average Bonchev–Trinajstić information content (AvgIpc) is 2.55. The molecule has 0 aromatic carbocycles. The summed E-state index contributed by atoms with van der Waals surface area (Å²) in [5.74, 6) is 0.00519. The molecule has 1 heterocycles. The molecule has 0 aromatic heterocycles. The lowest BCUT2D eigenvalue weighted by molar-refractivity contribution is 0.0928. The predicted octanol–water partition coefficient (Wildman–Crippen LogP) is 1.36. The monoisotopic (exact) mass is 175 g/mol. The quantitative estimate of drug-likeness (QED) is 0.696. The smallest absolute Gasteiger partial charge is 0.120 e. The third-order valence-electron chi connectivity index (χ3n) is 2.46. The van der Waals surface area contributed by atoms with Crippen molar-refractivity contribution < 1.29 is 9.13 Å². The van der Waals surface area contributed by atoms with Gasteiger partial charge >= 0.3 is 0 Å². The van der Waals surface area contributed by atoms with Gasteiger partial charge in [0.15, 0.2) is 0 Å². The number of hydrogen-bond donors (Lipinski definition) is 1. The van der Waals surface area contributed by atoms with Crippen LogP contribution in [-0.2, 0) is 4.74 Å². The fraction of sp³-hybridized carbons (Fsp3) is 1.00. The SMILES string of the molecule is COCC(C)C(F)C1CCCN1. The molecular formula is C9H18FNO. The van der Waals surface area contributed by atoms with Gasteiger partial charge in [-0.1, -0.05) is 6.92 Å². The molecule has 0 amide bonds. The molecule has 0 spiro atoms. The van der Waals surface area contributed by atoms with Crippen molar-refractivity contribution in [1.29, 1.82) is 0 Å². The van der Waals surface area contributed by atoms with E-state index >= 15 is 0 Å². The maximum absolute atomic E-state index is 13.5. The van der Waals surface area contributed by atoms with Crippen molar-refractivity contribution in [2.75, 3.05) is 20.3 Å².